The highest BCUT2D eigenvalue weighted by Gasteiger charge is 2.26. The van der Waals surface area contributed by atoms with E-state index in [1.54, 1.807) is 12.1 Å². The largest absolute Gasteiger partial charge is 0.508 e. The Labute approximate surface area is 144 Å². The van der Waals surface area contributed by atoms with Gasteiger partial charge in [0.25, 0.3) is 0 Å². The van der Waals surface area contributed by atoms with E-state index in [-0.39, 0.29) is 30.5 Å². The minimum Gasteiger partial charge on any atom is -0.508 e. The quantitative estimate of drug-likeness (QED) is 0.715. The summed E-state index contributed by atoms with van der Waals surface area (Å²) >= 11 is 0. The van der Waals surface area contributed by atoms with Crippen molar-refractivity contribution in [2.75, 3.05) is 6.61 Å². The molecule has 134 valence electrons. The Bertz CT molecular complexity index is 515. The van der Waals surface area contributed by atoms with Gasteiger partial charge < -0.3 is 20.4 Å². The number of phenols is 1. The van der Waals surface area contributed by atoms with Crippen molar-refractivity contribution in [3.63, 3.8) is 0 Å². The Morgan fingerprint density at radius 3 is 2.67 bits per heavy atom. The van der Waals surface area contributed by atoms with Gasteiger partial charge in [-0.1, -0.05) is 37.5 Å². The molecule has 0 saturated heterocycles. The van der Waals surface area contributed by atoms with Gasteiger partial charge in [-0.25, -0.2) is 4.79 Å². The second kappa shape index (κ2) is 9.52. The van der Waals surface area contributed by atoms with E-state index >= 15 is 0 Å². The fourth-order valence-corrected chi connectivity index (χ4v) is 3.35. The van der Waals surface area contributed by atoms with Gasteiger partial charge in [0, 0.05) is 24.3 Å². The Morgan fingerprint density at radius 2 is 2.00 bits per heavy atom. The van der Waals surface area contributed by atoms with E-state index in [9.17, 15) is 9.90 Å². The molecule has 2 amide bonds. The van der Waals surface area contributed by atoms with Gasteiger partial charge in [0.15, 0.2) is 0 Å². The maximum atomic E-state index is 12.8. The third kappa shape index (κ3) is 5.41. The lowest BCUT2D eigenvalue weighted by Crippen LogP contribution is -2.48. The number of carbonyl (C=O) groups is 1. The van der Waals surface area contributed by atoms with Gasteiger partial charge >= 0.3 is 6.03 Å². The van der Waals surface area contributed by atoms with Crippen LogP contribution in [0.1, 0.15) is 57.4 Å². The first kappa shape index (κ1) is 18.6. The zero-order chi connectivity index (χ0) is 17.4. The van der Waals surface area contributed by atoms with Crippen molar-refractivity contribution in [1.82, 2.24) is 10.2 Å². The van der Waals surface area contributed by atoms with E-state index in [2.05, 4.69) is 5.32 Å². The van der Waals surface area contributed by atoms with Crippen LogP contribution < -0.4 is 5.32 Å². The van der Waals surface area contributed by atoms with Crippen molar-refractivity contribution >= 4 is 6.03 Å². The standard InChI is InChI=1S/C19H30N2O3/c1-15(8-7-13-22)20-19(24)21(17-10-3-2-4-11-17)14-16-9-5-6-12-18(16)23/h5-6,9,12,15,17,22-23H,2-4,7-8,10-11,13-14H2,1H3,(H,20,24). The SMILES string of the molecule is CC(CCCO)NC(=O)N(Cc1ccccc1O)C1CCCCC1. The summed E-state index contributed by atoms with van der Waals surface area (Å²) in [5, 5.41) is 22.0. The molecule has 0 heterocycles. The molecular weight excluding hydrogens is 304 g/mol. The number of amides is 2. The van der Waals surface area contributed by atoms with Crippen LogP contribution in [-0.4, -0.2) is 39.8 Å². The number of carbonyl (C=O) groups excluding carboxylic acids is 1. The zero-order valence-electron chi connectivity index (χ0n) is 14.6. The van der Waals surface area contributed by atoms with E-state index in [4.69, 9.17) is 5.11 Å². The molecule has 1 aliphatic carbocycles. The molecule has 0 aromatic heterocycles. The van der Waals surface area contributed by atoms with Gasteiger partial charge in [-0.2, -0.15) is 0 Å². The molecule has 0 bridgehead atoms. The highest BCUT2D eigenvalue weighted by atomic mass is 16.3. The number of nitrogens with zero attached hydrogens (tertiary/aromatic N) is 1. The second-order valence-corrected chi connectivity index (χ2v) is 6.76. The van der Waals surface area contributed by atoms with E-state index in [1.807, 2.05) is 24.0 Å². The highest BCUT2D eigenvalue weighted by molar-refractivity contribution is 5.75. The van der Waals surface area contributed by atoms with Crippen LogP contribution in [0.5, 0.6) is 5.75 Å². The van der Waals surface area contributed by atoms with Crippen molar-refractivity contribution in [2.24, 2.45) is 0 Å². The number of hydrogen-bond donors (Lipinski definition) is 3. The van der Waals surface area contributed by atoms with Gasteiger partial charge in [0.2, 0.25) is 0 Å². The molecule has 1 saturated carbocycles. The number of aromatic hydroxyl groups is 1. The summed E-state index contributed by atoms with van der Waals surface area (Å²) in [6, 6.07) is 7.39. The molecule has 0 spiro atoms. The smallest absolute Gasteiger partial charge is 0.318 e. The predicted octanol–water partition coefficient (Wildman–Crippen LogP) is 3.40. The topological polar surface area (TPSA) is 72.8 Å². The molecule has 5 heteroatoms. The summed E-state index contributed by atoms with van der Waals surface area (Å²) in [5.41, 5.74) is 0.779. The molecule has 24 heavy (non-hydrogen) atoms. The fraction of sp³-hybridized carbons (Fsp3) is 0.632. The van der Waals surface area contributed by atoms with Crippen molar-refractivity contribution in [3.8, 4) is 5.75 Å². The predicted molar refractivity (Wildman–Crippen MR) is 94.8 cm³/mol. The van der Waals surface area contributed by atoms with Crippen molar-refractivity contribution < 1.29 is 15.0 Å². The molecule has 5 nitrogen and oxygen atoms in total. The fourth-order valence-electron chi connectivity index (χ4n) is 3.35. The van der Waals surface area contributed by atoms with Crippen LogP contribution in [0.4, 0.5) is 4.79 Å². The number of benzene rings is 1. The van der Waals surface area contributed by atoms with Gasteiger partial charge in [0.05, 0.1) is 6.54 Å². The van der Waals surface area contributed by atoms with Crippen LogP contribution in [0.25, 0.3) is 0 Å². The van der Waals surface area contributed by atoms with Crippen LogP contribution in [0.15, 0.2) is 24.3 Å². The summed E-state index contributed by atoms with van der Waals surface area (Å²) in [7, 11) is 0. The van der Waals surface area contributed by atoms with Gasteiger partial charge in [-0.05, 0) is 38.7 Å². The number of para-hydroxylation sites is 1. The summed E-state index contributed by atoms with van der Waals surface area (Å²) in [5.74, 6) is 0.236. The molecule has 1 aliphatic rings. The second-order valence-electron chi connectivity index (χ2n) is 6.76. The molecule has 1 aromatic carbocycles. The lowest BCUT2D eigenvalue weighted by atomic mass is 9.94. The number of phenolic OH excluding ortho intramolecular Hbond substituents is 1. The maximum Gasteiger partial charge on any atom is 0.318 e. The molecule has 3 N–H and O–H groups in total. The third-order valence-electron chi connectivity index (χ3n) is 4.77. The molecule has 0 radical (unpaired) electrons. The first-order valence-corrected chi connectivity index (χ1v) is 9.06. The number of nitrogens with one attached hydrogen (secondary N) is 1. The first-order chi connectivity index (χ1) is 11.6. The van der Waals surface area contributed by atoms with Crippen LogP contribution in [-0.2, 0) is 6.54 Å². The van der Waals surface area contributed by atoms with Gasteiger partial charge in [-0.3, -0.25) is 0 Å². The zero-order valence-corrected chi connectivity index (χ0v) is 14.6. The van der Waals surface area contributed by atoms with E-state index < -0.39 is 0 Å². The van der Waals surface area contributed by atoms with E-state index in [0.717, 1.165) is 37.7 Å². The molecule has 1 fully saturated rings. The average molecular weight is 334 g/mol. The minimum atomic E-state index is -0.0735. The first-order valence-electron chi connectivity index (χ1n) is 9.06. The van der Waals surface area contributed by atoms with Crippen molar-refractivity contribution in [3.05, 3.63) is 29.8 Å². The Hall–Kier alpha value is -1.75. The Kier molecular flexibility index (Phi) is 7.37. The van der Waals surface area contributed by atoms with Crippen LogP contribution in [0.3, 0.4) is 0 Å². The lowest BCUT2D eigenvalue weighted by molar-refractivity contribution is 0.147. The monoisotopic (exact) mass is 334 g/mol. The van der Waals surface area contributed by atoms with Gasteiger partial charge in [0.1, 0.15) is 5.75 Å². The number of rotatable bonds is 7. The molecule has 0 aliphatic heterocycles. The molecule has 2 rings (SSSR count). The summed E-state index contributed by atoms with van der Waals surface area (Å²) in [6.45, 7) is 2.53. The van der Waals surface area contributed by atoms with Crippen LogP contribution >= 0.6 is 0 Å². The Balaban J connectivity index is 2.07. The summed E-state index contributed by atoms with van der Waals surface area (Å²) in [4.78, 5) is 14.7. The van der Waals surface area contributed by atoms with Crippen molar-refractivity contribution in [2.45, 2.75) is 70.5 Å². The van der Waals surface area contributed by atoms with Crippen molar-refractivity contribution in [1.29, 1.82) is 0 Å². The molecule has 1 atom stereocenters. The lowest BCUT2D eigenvalue weighted by Gasteiger charge is -2.35. The minimum absolute atomic E-state index is 0.0279. The van der Waals surface area contributed by atoms with Gasteiger partial charge in [-0.15, -0.1) is 0 Å². The highest BCUT2D eigenvalue weighted by Crippen LogP contribution is 2.26. The average Bonchev–Trinajstić information content (AvgIpc) is 2.60. The van der Waals surface area contributed by atoms with Crippen LogP contribution in [0, 0.1) is 0 Å². The third-order valence-corrected chi connectivity index (χ3v) is 4.77. The molecule has 1 unspecified atom stereocenters. The number of urea groups is 1. The van der Waals surface area contributed by atoms with E-state index in [0.29, 0.717) is 13.0 Å². The molecule has 1 aromatic rings. The number of aliphatic hydroxyl groups excluding tert-OH is 1. The normalized spacial score (nSPS) is 16.6. The maximum absolute atomic E-state index is 12.8. The summed E-state index contributed by atoms with van der Waals surface area (Å²) < 4.78 is 0. The Morgan fingerprint density at radius 1 is 1.29 bits per heavy atom. The summed E-state index contributed by atoms with van der Waals surface area (Å²) in [6.07, 6.45) is 7.01. The number of hydrogen-bond acceptors (Lipinski definition) is 3. The van der Waals surface area contributed by atoms with E-state index in [1.165, 1.54) is 6.42 Å². The number of aliphatic hydroxyl groups is 1. The van der Waals surface area contributed by atoms with Crippen LogP contribution in [0.2, 0.25) is 0 Å². The molecular formula is C19H30N2O3.